The first-order valence-electron chi connectivity index (χ1n) is 10.4. The number of thioether (sulfide) groups is 1. The number of rotatable bonds is 13. The molecule has 0 aliphatic carbocycles. The highest BCUT2D eigenvalue weighted by atomic mass is 32.2. The minimum Gasteiger partial charge on any atom is -0.481 e. The lowest BCUT2D eigenvalue weighted by Gasteiger charge is -2.26. The van der Waals surface area contributed by atoms with Crippen molar-refractivity contribution in [1.82, 2.24) is 0 Å². The number of hydrogen-bond acceptors (Lipinski definition) is 4. The van der Waals surface area contributed by atoms with Crippen LogP contribution in [0.3, 0.4) is 0 Å². The van der Waals surface area contributed by atoms with Crippen LogP contribution in [0.25, 0.3) is 0 Å². The molecule has 0 aromatic carbocycles. The first kappa shape index (κ1) is 21.8. The molecule has 4 nitrogen and oxygen atoms in total. The first-order chi connectivity index (χ1) is 12.5. The first-order valence-corrected chi connectivity index (χ1v) is 11.4. The second kappa shape index (κ2) is 11.4. The maximum atomic E-state index is 10.7. The maximum Gasteiger partial charge on any atom is 0.303 e. The second-order valence-corrected chi connectivity index (χ2v) is 9.43. The van der Waals surface area contributed by atoms with E-state index in [0.717, 1.165) is 44.3 Å². The summed E-state index contributed by atoms with van der Waals surface area (Å²) < 4.78 is 6.14. The van der Waals surface area contributed by atoms with Gasteiger partial charge in [0.1, 0.15) is 0 Å². The van der Waals surface area contributed by atoms with Crippen LogP contribution in [0.2, 0.25) is 0 Å². The molecule has 0 aromatic rings. The minimum atomic E-state index is -0.707. The summed E-state index contributed by atoms with van der Waals surface area (Å²) in [5.74, 6) is 1.33. The molecule has 2 N–H and O–H groups in total. The molecule has 26 heavy (non-hydrogen) atoms. The van der Waals surface area contributed by atoms with Gasteiger partial charge in [0.25, 0.3) is 0 Å². The third kappa shape index (κ3) is 6.90. The Kier molecular flexibility index (Phi) is 9.51. The van der Waals surface area contributed by atoms with E-state index >= 15 is 0 Å². The van der Waals surface area contributed by atoms with E-state index in [1.54, 1.807) is 0 Å². The number of aliphatic carboxylic acids is 1. The zero-order valence-electron chi connectivity index (χ0n) is 16.3. The number of hydrogen-bond donors (Lipinski definition) is 2. The molecule has 2 rings (SSSR count). The number of aliphatic hydroxyl groups excluding tert-OH is 1. The summed E-state index contributed by atoms with van der Waals surface area (Å²) in [6, 6.07) is 0. The van der Waals surface area contributed by atoms with Crippen molar-refractivity contribution in [2.75, 3.05) is 5.75 Å². The standard InChI is InChI=1S/C21H36O4S/c1-3-4-5-6-16(22)8-9-17-18(20-11-10-19(17)25-20)13-14-26-15(2)7-12-21(23)24/h8-9,15-20,22H,3-7,10-14H2,1-2H3,(H,23,24)/b9-8+/t15-,16?,17+,18-,19?,20-/m1/s1. The van der Waals surface area contributed by atoms with Crippen molar-refractivity contribution in [2.45, 2.75) is 95.2 Å². The molecule has 2 heterocycles. The van der Waals surface area contributed by atoms with Gasteiger partial charge in [0, 0.05) is 17.6 Å². The van der Waals surface area contributed by atoms with E-state index in [9.17, 15) is 9.90 Å². The van der Waals surface area contributed by atoms with Gasteiger partial charge in [0.15, 0.2) is 0 Å². The number of aliphatic hydroxyl groups is 1. The van der Waals surface area contributed by atoms with Crippen LogP contribution in [-0.4, -0.2) is 45.5 Å². The predicted octanol–water partition coefficient (Wildman–Crippen LogP) is 4.65. The lowest BCUT2D eigenvalue weighted by molar-refractivity contribution is -0.137. The molecule has 0 aromatic heterocycles. The molecular formula is C21H36O4S. The lowest BCUT2D eigenvalue weighted by atomic mass is 9.77. The van der Waals surface area contributed by atoms with Crippen LogP contribution in [0, 0.1) is 11.8 Å². The van der Waals surface area contributed by atoms with E-state index in [1.807, 2.05) is 17.8 Å². The Bertz CT molecular complexity index is 453. The minimum absolute atomic E-state index is 0.257. The molecule has 150 valence electrons. The van der Waals surface area contributed by atoms with Gasteiger partial charge in [-0.2, -0.15) is 11.8 Å². The van der Waals surface area contributed by atoms with Gasteiger partial charge in [-0.15, -0.1) is 0 Å². The molecule has 2 fully saturated rings. The highest BCUT2D eigenvalue weighted by Gasteiger charge is 2.47. The Morgan fingerprint density at radius 2 is 2.04 bits per heavy atom. The quantitative estimate of drug-likeness (QED) is 0.357. The molecule has 2 bridgehead atoms. The van der Waals surface area contributed by atoms with Gasteiger partial charge in [0.05, 0.1) is 18.3 Å². The summed E-state index contributed by atoms with van der Waals surface area (Å²) >= 11 is 1.88. The number of unbranched alkanes of at least 4 members (excludes halogenated alkanes) is 2. The fourth-order valence-electron chi connectivity index (χ4n) is 4.23. The molecule has 2 unspecified atom stereocenters. The highest BCUT2D eigenvalue weighted by Crippen LogP contribution is 2.46. The van der Waals surface area contributed by atoms with Gasteiger partial charge in [-0.3, -0.25) is 4.79 Å². The van der Waals surface area contributed by atoms with Crippen LogP contribution in [0.1, 0.15) is 71.6 Å². The van der Waals surface area contributed by atoms with E-state index in [2.05, 4.69) is 19.9 Å². The highest BCUT2D eigenvalue weighted by molar-refractivity contribution is 7.99. The molecule has 2 saturated heterocycles. The van der Waals surface area contributed by atoms with Gasteiger partial charge >= 0.3 is 5.97 Å². The Morgan fingerprint density at radius 1 is 1.27 bits per heavy atom. The van der Waals surface area contributed by atoms with Crippen molar-refractivity contribution in [1.29, 1.82) is 0 Å². The van der Waals surface area contributed by atoms with Crippen molar-refractivity contribution in [3.63, 3.8) is 0 Å². The maximum absolute atomic E-state index is 10.7. The van der Waals surface area contributed by atoms with Gasteiger partial charge in [-0.1, -0.05) is 45.3 Å². The van der Waals surface area contributed by atoms with Crippen molar-refractivity contribution >= 4 is 17.7 Å². The summed E-state index contributed by atoms with van der Waals surface area (Å²) in [5.41, 5.74) is 0. The molecule has 0 saturated carbocycles. The average molecular weight is 385 g/mol. The summed E-state index contributed by atoms with van der Waals surface area (Å²) in [7, 11) is 0. The van der Waals surface area contributed by atoms with Gasteiger partial charge in [-0.25, -0.2) is 0 Å². The Hall–Kier alpha value is -0.520. The lowest BCUT2D eigenvalue weighted by Crippen LogP contribution is -2.26. The Labute approximate surface area is 162 Å². The number of ether oxygens (including phenoxy) is 1. The monoisotopic (exact) mass is 384 g/mol. The Morgan fingerprint density at radius 3 is 2.77 bits per heavy atom. The molecule has 5 heteroatoms. The zero-order valence-corrected chi connectivity index (χ0v) is 17.1. The predicted molar refractivity (Wildman–Crippen MR) is 108 cm³/mol. The van der Waals surface area contributed by atoms with Crippen LogP contribution >= 0.6 is 11.8 Å². The normalized spacial score (nSPS) is 30.1. The topological polar surface area (TPSA) is 66.8 Å². The van der Waals surface area contributed by atoms with E-state index in [0.29, 0.717) is 29.3 Å². The molecule has 2 aliphatic rings. The summed E-state index contributed by atoms with van der Waals surface area (Å²) in [4.78, 5) is 10.7. The molecule has 0 spiro atoms. The van der Waals surface area contributed by atoms with Crippen LogP contribution in [0.5, 0.6) is 0 Å². The largest absolute Gasteiger partial charge is 0.481 e. The van der Waals surface area contributed by atoms with Gasteiger partial charge in [-0.05, 0) is 43.8 Å². The van der Waals surface area contributed by atoms with Crippen LogP contribution in [0.4, 0.5) is 0 Å². The SMILES string of the molecule is CCCCCC(O)/C=C/[C@@H]1C2CC[C@@H](O2)[C@@H]1CCS[C@H](C)CCC(=O)O. The van der Waals surface area contributed by atoms with E-state index < -0.39 is 5.97 Å². The zero-order chi connectivity index (χ0) is 18.9. The van der Waals surface area contributed by atoms with Crippen molar-refractivity contribution in [2.24, 2.45) is 11.8 Å². The average Bonchev–Trinajstić information content (AvgIpc) is 3.20. The van der Waals surface area contributed by atoms with Crippen molar-refractivity contribution in [3.05, 3.63) is 12.2 Å². The van der Waals surface area contributed by atoms with Crippen molar-refractivity contribution < 1.29 is 19.7 Å². The number of carboxylic acids is 1. The second-order valence-electron chi connectivity index (χ2n) is 7.88. The number of carbonyl (C=O) groups is 1. The fourth-order valence-corrected chi connectivity index (χ4v) is 5.32. The van der Waals surface area contributed by atoms with E-state index in [1.165, 1.54) is 12.8 Å². The number of fused-ring (bicyclic) bond motifs is 2. The van der Waals surface area contributed by atoms with E-state index in [4.69, 9.17) is 9.84 Å². The van der Waals surface area contributed by atoms with E-state index in [-0.39, 0.29) is 12.5 Å². The Balaban J connectivity index is 1.76. The van der Waals surface area contributed by atoms with Crippen LogP contribution < -0.4 is 0 Å². The van der Waals surface area contributed by atoms with Crippen LogP contribution in [-0.2, 0) is 9.53 Å². The fraction of sp³-hybridized carbons (Fsp3) is 0.857. The van der Waals surface area contributed by atoms with Gasteiger partial charge < -0.3 is 14.9 Å². The third-order valence-corrected chi connectivity index (χ3v) is 7.04. The molecule has 0 amide bonds. The summed E-state index contributed by atoms with van der Waals surface area (Å²) in [5, 5.41) is 19.3. The number of carboxylic acid groups (broad SMARTS) is 1. The van der Waals surface area contributed by atoms with Crippen LogP contribution in [0.15, 0.2) is 12.2 Å². The summed E-state index contributed by atoms with van der Waals surface area (Å²) in [6.45, 7) is 4.30. The molecular weight excluding hydrogens is 348 g/mol. The van der Waals surface area contributed by atoms with Crippen molar-refractivity contribution in [3.8, 4) is 0 Å². The smallest absolute Gasteiger partial charge is 0.303 e. The summed E-state index contributed by atoms with van der Waals surface area (Å²) in [6.07, 6.45) is 13.3. The van der Waals surface area contributed by atoms with Gasteiger partial charge in [0.2, 0.25) is 0 Å². The molecule has 2 aliphatic heterocycles. The molecule has 6 atom stereocenters. The third-order valence-electron chi connectivity index (χ3n) is 5.76. The molecule has 0 radical (unpaired) electrons.